The van der Waals surface area contributed by atoms with E-state index in [0.717, 1.165) is 31.8 Å². The molecule has 0 bridgehead atoms. The summed E-state index contributed by atoms with van der Waals surface area (Å²) in [7, 11) is 0. The molecule has 0 unspecified atom stereocenters. The van der Waals surface area contributed by atoms with Crippen molar-refractivity contribution in [1.82, 2.24) is 4.90 Å². The Bertz CT molecular complexity index is 248. The van der Waals surface area contributed by atoms with E-state index in [1.165, 1.54) is 12.8 Å². The highest BCUT2D eigenvalue weighted by molar-refractivity contribution is 5.89. The Balaban J connectivity index is 2.67. The van der Waals surface area contributed by atoms with Gasteiger partial charge in [0, 0.05) is 5.92 Å². The second kappa shape index (κ2) is 5.99. The number of carbonyl (C=O) groups is 1. The molecule has 2 heteroatoms. The molecular weight excluding hydrogens is 210 g/mol. The number of likely N-dealkylation sites (N-methyl/N-ethyl adjacent to an activating group) is 1. The summed E-state index contributed by atoms with van der Waals surface area (Å²) in [6.07, 6.45) is 4.66. The maximum Gasteiger partial charge on any atom is 0.155 e. The molecular formula is C15H29NO. The van der Waals surface area contributed by atoms with Crippen LogP contribution in [-0.2, 0) is 4.79 Å². The van der Waals surface area contributed by atoms with Gasteiger partial charge in [-0.1, -0.05) is 33.6 Å². The van der Waals surface area contributed by atoms with Crippen LogP contribution in [0.1, 0.15) is 60.3 Å². The van der Waals surface area contributed by atoms with Crippen molar-refractivity contribution in [3.8, 4) is 0 Å². The summed E-state index contributed by atoms with van der Waals surface area (Å²) >= 11 is 0. The van der Waals surface area contributed by atoms with Crippen LogP contribution in [-0.4, -0.2) is 29.3 Å². The van der Waals surface area contributed by atoms with E-state index in [1.807, 2.05) is 0 Å². The molecule has 2 nitrogen and oxygen atoms in total. The number of hydrogen-bond donors (Lipinski definition) is 0. The molecule has 0 atom stereocenters. The lowest BCUT2D eigenvalue weighted by atomic mass is 9.76. The normalized spacial score (nSPS) is 26.2. The van der Waals surface area contributed by atoms with E-state index in [0.29, 0.717) is 11.7 Å². The number of hydrogen-bond acceptors (Lipinski definition) is 2. The van der Waals surface area contributed by atoms with Crippen molar-refractivity contribution in [3.63, 3.8) is 0 Å². The van der Waals surface area contributed by atoms with Crippen molar-refractivity contribution in [2.75, 3.05) is 13.1 Å². The van der Waals surface area contributed by atoms with E-state index in [4.69, 9.17) is 0 Å². The molecule has 0 aromatic rings. The van der Waals surface area contributed by atoms with E-state index >= 15 is 0 Å². The maximum atomic E-state index is 12.6. The van der Waals surface area contributed by atoms with Gasteiger partial charge in [0.15, 0.2) is 5.78 Å². The number of nitrogens with zero attached hydrogens (tertiary/aromatic N) is 1. The van der Waals surface area contributed by atoms with Gasteiger partial charge in [0.1, 0.15) is 0 Å². The molecule has 1 fully saturated rings. The van der Waals surface area contributed by atoms with Crippen LogP contribution in [0.15, 0.2) is 0 Å². The minimum Gasteiger partial charge on any atom is -0.297 e. The molecule has 0 aromatic heterocycles. The second-order valence-electron chi connectivity index (χ2n) is 6.05. The van der Waals surface area contributed by atoms with Crippen molar-refractivity contribution in [2.24, 2.45) is 11.8 Å². The summed E-state index contributed by atoms with van der Waals surface area (Å²) < 4.78 is 0. The standard InChI is InChI=1S/C15H29NO/c1-6-16(7-2)15(4,5)14(17)13-10-8-12(3)9-11-13/h12-13H,6-11H2,1-5H3. The Labute approximate surface area is 107 Å². The van der Waals surface area contributed by atoms with E-state index in [1.54, 1.807) is 0 Å². The molecule has 0 aliphatic heterocycles. The van der Waals surface area contributed by atoms with Gasteiger partial charge in [-0.25, -0.2) is 0 Å². The molecule has 0 aromatic carbocycles. The number of ketones is 1. The zero-order valence-corrected chi connectivity index (χ0v) is 12.3. The molecule has 1 aliphatic carbocycles. The zero-order valence-electron chi connectivity index (χ0n) is 12.3. The van der Waals surface area contributed by atoms with Gasteiger partial charge in [0.05, 0.1) is 5.54 Å². The van der Waals surface area contributed by atoms with E-state index < -0.39 is 0 Å². The van der Waals surface area contributed by atoms with Crippen molar-refractivity contribution in [2.45, 2.75) is 65.8 Å². The number of Topliss-reactive ketones (excluding diaryl/α,β-unsaturated/α-hetero) is 1. The maximum absolute atomic E-state index is 12.6. The third-order valence-corrected chi connectivity index (χ3v) is 4.54. The molecule has 0 heterocycles. The zero-order chi connectivity index (χ0) is 13.1. The molecule has 17 heavy (non-hydrogen) atoms. The van der Waals surface area contributed by atoms with Gasteiger partial charge in [-0.2, -0.15) is 0 Å². The van der Waals surface area contributed by atoms with Crippen LogP contribution in [0.3, 0.4) is 0 Å². The van der Waals surface area contributed by atoms with Crippen LogP contribution in [0.25, 0.3) is 0 Å². The quantitative estimate of drug-likeness (QED) is 0.732. The Morgan fingerprint density at radius 2 is 1.59 bits per heavy atom. The van der Waals surface area contributed by atoms with Crippen LogP contribution in [0.5, 0.6) is 0 Å². The van der Waals surface area contributed by atoms with Gasteiger partial charge in [-0.3, -0.25) is 9.69 Å². The Morgan fingerprint density at radius 3 is 2.00 bits per heavy atom. The molecule has 1 aliphatic rings. The molecule has 0 radical (unpaired) electrons. The highest BCUT2D eigenvalue weighted by Gasteiger charge is 2.38. The first-order valence-corrected chi connectivity index (χ1v) is 7.22. The summed E-state index contributed by atoms with van der Waals surface area (Å²) in [5.74, 6) is 1.59. The summed E-state index contributed by atoms with van der Waals surface area (Å²) in [5, 5.41) is 0. The Hall–Kier alpha value is -0.370. The Morgan fingerprint density at radius 1 is 1.12 bits per heavy atom. The van der Waals surface area contributed by atoms with Gasteiger partial charge in [-0.05, 0) is 45.7 Å². The first-order valence-electron chi connectivity index (χ1n) is 7.22. The van der Waals surface area contributed by atoms with E-state index in [9.17, 15) is 4.79 Å². The minimum atomic E-state index is -0.283. The van der Waals surface area contributed by atoms with Crippen LogP contribution in [0, 0.1) is 11.8 Å². The van der Waals surface area contributed by atoms with Crippen LogP contribution in [0.2, 0.25) is 0 Å². The summed E-state index contributed by atoms with van der Waals surface area (Å²) in [4.78, 5) is 14.9. The minimum absolute atomic E-state index is 0.283. The van der Waals surface area contributed by atoms with Crippen LogP contribution in [0.4, 0.5) is 0 Å². The van der Waals surface area contributed by atoms with Crippen molar-refractivity contribution < 1.29 is 4.79 Å². The molecule has 0 amide bonds. The average Bonchev–Trinajstić information content (AvgIpc) is 2.30. The van der Waals surface area contributed by atoms with Crippen molar-refractivity contribution in [3.05, 3.63) is 0 Å². The van der Waals surface area contributed by atoms with Gasteiger partial charge in [0.25, 0.3) is 0 Å². The number of carbonyl (C=O) groups excluding carboxylic acids is 1. The second-order valence-corrected chi connectivity index (χ2v) is 6.05. The third-order valence-electron chi connectivity index (χ3n) is 4.54. The number of rotatable bonds is 5. The molecule has 0 N–H and O–H groups in total. The van der Waals surface area contributed by atoms with E-state index in [-0.39, 0.29) is 5.54 Å². The predicted octanol–water partition coefficient (Wildman–Crippen LogP) is 3.50. The first kappa shape index (κ1) is 14.7. The molecule has 0 spiro atoms. The van der Waals surface area contributed by atoms with Gasteiger partial charge < -0.3 is 0 Å². The monoisotopic (exact) mass is 239 g/mol. The van der Waals surface area contributed by atoms with Gasteiger partial charge in [-0.15, -0.1) is 0 Å². The lowest BCUT2D eigenvalue weighted by Crippen LogP contribution is -2.52. The predicted molar refractivity (Wildman–Crippen MR) is 73.1 cm³/mol. The highest BCUT2D eigenvalue weighted by Crippen LogP contribution is 2.32. The fraction of sp³-hybridized carbons (Fsp3) is 0.933. The fourth-order valence-electron chi connectivity index (χ4n) is 3.19. The van der Waals surface area contributed by atoms with Crippen molar-refractivity contribution in [1.29, 1.82) is 0 Å². The smallest absolute Gasteiger partial charge is 0.155 e. The summed E-state index contributed by atoms with van der Waals surface area (Å²) in [5.41, 5.74) is -0.283. The van der Waals surface area contributed by atoms with Gasteiger partial charge in [0.2, 0.25) is 0 Å². The van der Waals surface area contributed by atoms with E-state index in [2.05, 4.69) is 39.5 Å². The molecule has 1 rings (SSSR count). The van der Waals surface area contributed by atoms with Crippen LogP contribution >= 0.6 is 0 Å². The average molecular weight is 239 g/mol. The molecule has 1 saturated carbocycles. The first-order chi connectivity index (χ1) is 7.93. The lowest BCUT2D eigenvalue weighted by Gasteiger charge is -2.39. The highest BCUT2D eigenvalue weighted by atomic mass is 16.1. The third kappa shape index (κ3) is 3.31. The van der Waals surface area contributed by atoms with Crippen molar-refractivity contribution >= 4 is 5.78 Å². The SMILES string of the molecule is CCN(CC)C(C)(C)C(=O)C1CCC(C)CC1. The summed E-state index contributed by atoms with van der Waals surface area (Å²) in [6, 6.07) is 0. The molecule has 100 valence electrons. The topological polar surface area (TPSA) is 20.3 Å². The lowest BCUT2D eigenvalue weighted by molar-refractivity contribution is -0.134. The summed E-state index contributed by atoms with van der Waals surface area (Å²) in [6.45, 7) is 12.7. The fourth-order valence-corrected chi connectivity index (χ4v) is 3.19. The largest absolute Gasteiger partial charge is 0.297 e. The molecule has 0 saturated heterocycles. The van der Waals surface area contributed by atoms with Gasteiger partial charge >= 0.3 is 0 Å². The van der Waals surface area contributed by atoms with Crippen LogP contribution < -0.4 is 0 Å². The Kier molecular flexibility index (Phi) is 5.18.